The number of aliphatic hydroxyl groups is 2. The Morgan fingerprint density at radius 2 is 1.96 bits per heavy atom. The SMILES string of the molecule is CONC1=C(C)[C@@H](/C(C)=C/C(C)C)O[C@]2(C1)C[C@@H]1C[C@@H](C/C=C(\C)C[C@@H](C)/C=C/C=C3\CO[C@@H]4[C@H](O)C(C)=C[C@@H](C(=O)O1)[C@]34O)O2. The first kappa shape index (κ1) is 34.8. The minimum atomic E-state index is -1.74. The third-order valence-electron chi connectivity index (χ3n) is 10.00. The molecule has 0 amide bonds. The second-order valence-electron chi connectivity index (χ2n) is 14.4. The van der Waals surface area contributed by atoms with E-state index >= 15 is 0 Å². The standard InChI is InChI=1S/C37H53NO8/c1-21(2)14-25(6)33-26(7)31(38-42-8)19-36(46-33)18-29-17-28(45-36)13-12-23(4)15-22(3)10-9-11-27-20-43-34-32(39)24(5)16-30(35(40)44-29)37(27,34)41/h9-12,14,16,21-22,28-30,32-34,38-39,41H,13,15,17-20H2,1-8H3/b10-9+,23-12+,25-14+,27-11+/t22-,28+,29-,30-,32+,33+,34+,36-,37+/m0/s1. The summed E-state index contributed by atoms with van der Waals surface area (Å²) >= 11 is 0. The minimum Gasteiger partial charge on any atom is -0.462 e. The van der Waals surface area contributed by atoms with Crippen LogP contribution in [-0.4, -0.2) is 71.8 Å². The van der Waals surface area contributed by atoms with Gasteiger partial charge in [-0.25, -0.2) is 0 Å². The van der Waals surface area contributed by atoms with Gasteiger partial charge in [-0.05, 0) is 74.7 Å². The van der Waals surface area contributed by atoms with Gasteiger partial charge in [-0.1, -0.05) is 62.8 Å². The van der Waals surface area contributed by atoms with Gasteiger partial charge in [0.2, 0.25) is 0 Å². The quantitative estimate of drug-likeness (QED) is 0.208. The zero-order chi connectivity index (χ0) is 33.4. The van der Waals surface area contributed by atoms with Crippen LogP contribution in [0.3, 0.4) is 0 Å². The van der Waals surface area contributed by atoms with Crippen LogP contribution in [0, 0.1) is 17.8 Å². The normalized spacial score (nSPS) is 42.1. The molecule has 5 aliphatic rings. The van der Waals surface area contributed by atoms with Crippen molar-refractivity contribution in [3.8, 4) is 0 Å². The van der Waals surface area contributed by atoms with Crippen LogP contribution in [-0.2, 0) is 28.6 Å². The molecule has 9 atom stereocenters. The van der Waals surface area contributed by atoms with Gasteiger partial charge in [0, 0.05) is 25.0 Å². The van der Waals surface area contributed by atoms with E-state index in [1.807, 2.05) is 19.1 Å². The Morgan fingerprint density at radius 1 is 1.20 bits per heavy atom. The largest absolute Gasteiger partial charge is 0.462 e. The number of aliphatic hydroxyl groups excluding tert-OH is 1. The molecule has 5 rings (SSSR count). The highest BCUT2D eigenvalue weighted by molar-refractivity contribution is 5.78. The molecule has 0 aromatic heterocycles. The van der Waals surface area contributed by atoms with E-state index in [2.05, 4.69) is 58.3 Å². The average molecular weight is 640 g/mol. The fraction of sp³-hybridized carbons (Fsp3) is 0.649. The Labute approximate surface area is 274 Å². The third-order valence-corrected chi connectivity index (χ3v) is 10.00. The Morgan fingerprint density at radius 3 is 2.67 bits per heavy atom. The van der Waals surface area contributed by atoms with Crippen molar-refractivity contribution in [2.45, 2.75) is 122 Å². The molecule has 1 aliphatic carbocycles. The maximum absolute atomic E-state index is 14.2. The summed E-state index contributed by atoms with van der Waals surface area (Å²) in [5.41, 5.74) is 6.67. The van der Waals surface area contributed by atoms with Crippen LogP contribution in [0.15, 0.2) is 70.0 Å². The van der Waals surface area contributed by atoms with Crippen molar-refractivity contribution in [1.29, 1.82) is 0 Å². The molecular formula is C37H53NO8. The van der Waals surface area contributed by atoms with Gasteiger partial charge in [-0.2, -0.15) is 0 Å². The van der Waals surface area contributed by atoms with Gasteiger partial charge >= 0.3 is 5.97 Å². The van der Waals surface area contributed by atoms with E-state index in [4.69, 9.17) is 23.8 Å². The van der Waals surface area contributed by atoms with Crippen LogP contribution in [0.2, 0.25) is 0 Å². The van der Waals surface area contributed by atoms with E-state index in [9.17, 15) is 15.0 Å². The lowest BCUT2D eigenvalue weighted by molar-refractivity contribution is -0.309. The molecular weight excluding hydrogens is 586 g/mol. The lowest BCUT2D eigenvalue weighted by Crippen LogP contribution is -2.58. The van der Waals surface area contributed by atoms with E-state index in [0.717, 1.165) is 23.3 Å². The summed E-state index contributed by atoms with van der Waals surface area (Å²) in [5.74, 6) is -2.11. The molecule has 0 radical (unpaired) electrons. The highest BCUT2D eigenvalue weighted by Gasteiger charge is 2.60. The Bertz CT molecular complexity index is 1360. The monoisotopic (exact) mass is 639 g/mol. The first-order valence-corrected chi connectivity index (χ1v) is 16.7. The topological polar surface area (TPSA) is 116 Å². The molecule has 2 fully saturated rings. The number of fused-ring (bicyclic) bond motifs is 2. The van der Waals surface area contributed by atoms with Crippen LogP contribution in [0.5, 0.6) is 0 Å². The van der Waals surface area contributed by atoms with Crippen LogP contribution in [0.25, 0.3) is 0 Å². The van der Waals surface area contributed by atoms with Gasteiger partial charge in [-0.15, -0.1) is 0 Å². The molecule has 2 bridgehead atoms. The van der Waals surface area contributed by atoms with Crippen LogP contribution < -0.4 is 5.48 Å². The van der Waals surface area contributed by atoms with Crippen molar-refractivity contribution in [2.24, 2.45) is 17.8 Å². The lowest BCUT2D eigenvalue weighted by Gasteiger charge is -2.49. The van der Waals surface area contributed by atoms with Gasteiger partial charge in [0.15, 0.2) is 5.79 Å². The number of rotatable bonds is 4. The lowest BCUT2D eigenvalue weighted by atomic mass is 9.71. The van der Waals surface area contributed by atoms with Crippen LogP contribution in [0.1, 0.15) is 80.6 Å². The number of hydroxylamine groups is 1. The summed E-state index contributed by atoms with van der Waals surface area (Å²) in [6.45, 7) is 14.5. The molecule has 0 unspecified atom stereocenters. The molecule has 0 aromatic carbocycles. The maximum Gasteiger partial charge on any atom is 0.316 e. The van der Waals surface area contributed by atoms with Crippen molar-refractivity contribution in [3.63, 3.8) is 0 Å². The maximum atomic E-state index is 14.2. The van der Waals surface area contributed by atoms with Gasteiger partial charge in [0.05, 0.1) is 19.8 Å². The highest BCUT2D eigenvalue weighted by atomic mass is 16.7. The molecule has 46 heavy (non-hydrogen) atoms. The van der Waals surface area contributed by atoms with Crippen molar-refractivity contribution < 1.29 is 38.8 Å². The highest BCUT2D eigenvalue weighted by Crippen LogP contribution is 2.47. The number of esters is 1. The number of hydrogen-bond donors (Lipinski definition) is 3. The van der Waals surface area contributed by atoms with E-state index in [-0.39, 0.29) is 24.7 Å². The molecule has 2 saturated heterocycles. The van der Waals surface area contributed by atoms with E-state index < -0.39 is 41.6 Å². The molecule has 0 saturated carbocycles. The second kappa shape index (κ2) is 13.9. The summed E-state index contributed by atoms with van der Waals surface area (Å²) < 4.78 is 26.0. The van der Waals surface area contributed by atoms with Gasteiger partial charge in [-0.3, -0.25) is 15.1 Å². The third kappa shape index (κ3) is 7.00. The Kier molecular flexibility index (Phi) is 10.5. The minimum absolute atomic E-state index is 0.114. The molecule has 4 aliphatic heterocycles. The fourth-order valence-corrected chi connectivity index (χ4v) is 7.81. The Hall–Kier alpha value is -2.53. The molecule has 9 heteroatoms. The van der Waals surface area contributed by atoms with Gasteiger partial charge < -0.3 is 29.2 Å². The molecule has 0 aromatic rings. The fourth-order valence-electron chi connectivity index (χ4n) is 7.81. The number of nitrogens with one attached hydrogen (secondary N) is 1. The number of allylic oxidation sites excluding steroid dienone is 5. The van der Waals surface area contributed by atoms with Gasteiger partial charge in [0.25, 0.3) is 0 Å². The molecule has 1 spiro atoms. The number of ether oxygens (including phenoxy) is 4. The van der Waals surface area contributed by atoms with Crippen molar-refractivity contribution in [2.75, 3.05) is 13.7 Å². The average Bonchev–Trinajstić information content (AvgIpc) is 3.31. The summed E-state index contributed by atoms with van der Waals surface area (Å²) in [7, 11) is 1.59. The zero-order valence-electron chi connectivity index (χ0n) is 28.7. The van der Waals surface area contributed by atoms with Crippen LogP contribution in [0.4, 0.5) is 0 Å². The predicted octanol–water partition coefficient (Wildman–Crippen LogP) is 5.52. The predicted molar refractivity (Wildman–Crippen MR) is 175 cm³/mol. The summed E-state index contributed by atoms with van der Waals surface area (Å²) in [6.07, 6.45) is 11.4. The number of hydrogen-bond acceptors (Lipinski definition) is 9. The van der Waals surface area contributed by atoms with E-state index in [0.29, 0.717) is 42.7 Å². The van der Waals surface area contributed by atoms with E-state index in [1.165, 1.54) is 5.57 Å². The smallest absolute Gasteiger partial charge is 0.316 e. The molecule has 3 N–H and O–H groups in total. The first-order chi connectivity index (χ1) is 21.8. The van der Waals surface area contributed by atoms with Gasteiger partial charge in [0.1, 0.15) is 35.9 Å². The number of carbonyl (C=O) groups is 1. The second-order valence-corrected chi connectivity index (χ2v) is 14.4. The first-order valence-electron chi connectivity index (χ1n) is 16.7. The van der Waals surface area contributed by atoms with E-state index in [1.54, 1.807) is 20.1 Å². The van der Waals surface area contributed by atoms with Crippen molar-refractivity contribution in [3.05, 3.63) is 70.0 Å². The Balaban J connectivity index is 1.55. The van der Waals surface area contributed by atoms with Crippen molar-refractivity contribution >= 4 is 5.97 Å². The zero-order valence-corrected chi connectivity index (χ0v) is 28.7. The van der Waals surface area contributed by atoms with Crippen LogP contribution >= 0.6 is 0 Å². The summed E-state index contributed by atoms with van der Waals surface area (Å²) in [5, 5.41) is 23.2. The summed E-state index contributed by atoms with van der Waals surface area (Å²) in [6, 6.07) is 0. The molecule has 254 valence electrons. The van der Waals surface area contributed by atoms with Crippen molar-refractivity contribution in [1.82, 2.24) is 5.48 Å². The summed E-state index contributed by atoms with van der Waals surface area (Å²) in [4.78, 5) is 19.5. The number of carbonyl (C=O) groups excluding carboxylic acids is 1. The molecule has 4 heterocycles. The molecule has 9 nitrogen and oxygen atoms in total.